The van der Waals surface area contributed by atoms with Crippen molar-refractivity contribution in [1.29, 1.82) is 0 Å². The number of hydrogen-bond acceptors (Lipinski definition) is 7. The number of benzene rings is 1. The van der Waals surface area contributed by atoms with Gasteiger partial charge < -0.3 is 4.74 Å². The zero-order valence-corrected chi connectivity index (χ0v) is 16.3. The number of aromatic nitrogens is 1. The van der Waals surface area contributed by atoms with Crippen LogP contribution in [-0.4, -0.2) is 38.3 Å². The molecule has 2 rings (SSSR count). The van der Waals surface area contributed by atoms with E-state index in [1.54, 1.807) is 37.7 Å². The lowest BCUT2D eigenvalue weighted by Crippen LogP contribution is -2.44. The smallest absolute Gasteiger partial charge is 0.324 e. The van der Waals surface area contributed by atoms with E-state index >= 15 is 0 Å². The van der Waals surface area contributed by atoms with Crippen LogP contribution in [0, 0.1) is 5.92 Å². The molecule has 6 nitrogen and oxygen atoms in total. The average Bonchev–Trinajstić information content (AvgIpc) is 2.93. The third-order valence-electron chi connectivity index (χ3n) is 3.32. The van der Waals surface area contributed by atoms with E-state index in [1.807, 2.05) is 6.92 Å². The summed E-state index contributed by atoms with van der Waals surface area (Å²) in [6.45, 7) is 5.55. The molecule has 9 heteroatoms. The van der Waals surface area contributed by atoms with Crippen LogP contribution >= 0.6 is 23.1 Å². The van der Waals surface area contributed by atoms with Crippen molar-refractivity contribution in [1.82, 2.24) is 9.71 Å². The largest absolute Gasteiger partial charge is 0.468 e. The van der Waals surface area contributed by atoms with E-state index in [0.29, 0.717) is 0 Å². The number of carbonyl (C=O) groups excluding carboxylic acids is 1. The molecule has 0 unspecified atom stereocenters. The van der Waals surface area contributed by atoms with Crippen LogP contribution < -0.4 is 4.72 Å². The van der Waals surface area contributed by atoms with Crippen LogP contribution in [0.25, 0.3) is 10.2 Å². The van der Waals surface area contributed by atoms with E-state index in [-0.39, 0.29) is 10.8 Å². The molecule has 0 bridgehead atoms. The fraction of sp³-hybridized carbons (Fsp3) is 0.467. The first-order chi connectivity index (χ1) is 11.3. The quantitative estimate of drug-likeness (QED) is 0.580. The fourth-order valence-electron chi connectivity index (χ4n) is 2.05. The molecule has 24 heavy (non-hydrogen) atoms. The molecule has 1 aromatic carbocycles. The zero-order chi connectivity index (χ0) is 17.9. The topological polar surface area (TPSA) is 85.4 Å². The van der Waals surface area contributed by atoms with Gasteiger partial charge >= 0.3 is 5.97 Å². The van der Waals surface area contributed by atoms with E-state index in [1.165, 1.54) is 24.5 Å². The molecule has 0 saturated heterocycles. The van der Waals surface area contributed by atoms with Gasteiger partial charge in [-0.3, -0.25) is 4.79 Å². The number of rotatable bonds is 7. The summed E-state index contributed by atoms with van der Waals surface area (Å²) in [5.41, 5.74) is 0.767. The Balaban J connectivity index is 2.34. The summed E-state index contributed by atoms with van der Waals surface area (Å²) in [4.78, 5) is 16.4. The molecule has 0 aliphatic heterocycles. The van der Waals surface area contributed by atoms with Gasteiger partial charge in [0.1, 0.15) is 6.04 Å². The fourth-order valence-corrected chi connectivity index (χ4v) is 5.49. The van der Waals surface area contributed by atoms with Crippen molar-refractivity contribution in [3.05, 3.63) is 18.2 Å². The Labute approximate surface area is 150 Å². The second-order valence-corrected chi connectivity index (χ2v) is 9.66. The molecule has 1 heterocycles. The molecule has 0 aliphatic rings. The second-order valence-electron chi connectivity index (χ2n) is 5.41. The highest BCUT2D eigenvalue weighted by atomic mass is 32.2. The van der Waals surface area contributed by atoms with E-state index in [2.05, 4.69) is 14.4 Å². The highest BCUT2D eigenvalue weighted by molar-refractivity contribution is 8.01. The maximum Gasteiger partial charge on any atom is 0.324 e. The number of nitrogens with zero attached hydrogens (tertiary/aromatic N) is 1. The summed E-state index contributed by atoms with van der Waals surface area (Å²) in [6.07, 6.45) is 0. The van der Waals surface area contributed by atoms with Crippen LogP contribution in [0.15, 0.2) is 27.4 Å². The minimum absolute atomic E-state index is 0.112. The van der Waals surface area contributed by atoms with Gasteiger partial charge in [0.2, 0.25) is 10.0 Å². The van der Waals surface area contributed by atoms with Crippen LogP contribution in [0.1, 0.15) is 20.8 Å². The van der Waals surface area contributed by atoms with Gasteiger partial charge in [0.25, 0.3) is 0 Å². The highest BCUT2D eigenvalue weighted by Gasteiger charge is 2.29. The lowest BCUT2D eigenvalue weighted by atomic mass is 10.1. The average molecular weight is 389 g/mol. The Morgan fingerprint density at radius 3 is 2.71 bits per heavy atom. The van der Waals surface area contributed by atoms with Gasteiger partial charge in [0.05, 0.1) is 22.2 Å². The molecule has 0 amide bonds. The SMILES string of the molecule is CCSc1nc2ccc(S(=O)(=O)N[C@@H](C(=O)OC)C(C)C)cc2s1. The number of fused-ring (bicyclic) bond motifs is 1. The number of ether oxygens (including phenoxy) is 1. The second kappa shape index (κ2) is 7.81. The standard InChI is InChI=1S/C15H20N2O4S3/c1-5-22-15-16-11-7-6-10(8-12(11)23-15)24(19,20)17-13(9(2)3)14(18)21-4/h6-9,13,17H,5H2,1-4H3/t13-/m1/s1. The number of carbonyl (C=O) groups is 1. The minimum Gasteiger partial charge on any atom is -0.468 e. The molecule has 0 radical (unpaired) electrons. The Morgan fingerprint density at radius 1 is 1.42 bits per heavy atom. The number of methoxy groups -OCH3 is 1. The number of thioether (sulfide) groups is 1. The molecule has 0 fully saturated rings. The summed E-state index contributed by atoms with van der Waals surface area (Å²) in [5, 5.41) is 0. The zero-order valence-electron chi connectivity index (χ0n) is 13.9. The Morgan fingerprint density at radius 2 is 2.12 bits per heavy atom. The van der Waals surface area contributed by atoms with Crippen LogP contribution in [0.4, 0.5) is 0 Å². The van der Waals surface area contributed by atoms with Gasteiger partial charge in [0, 0.05) is 0 Å². The molecule has 132 valence electrons. The van der Waals surface area contributed by atoms with Gasteiger partial charge in [0.15, 0.2) is 4.34 Å². The maximum absolute atomic E-state index is 12.6. The van der Waals surface area contributed by atoms with Crippen molar-refractivity contribution in [2.24, 2.45) is 5.92 Å². The lowest BCUT2D eigenvalue weighted by Gasteiger charge is -2.19. The van der Waals surface area contributed by atoms with Crippen molar-refractivity contribution in [3.8, 4) is 0 Å². The molecule has 1 atom stereocenters. The monoisotopic (exact) mass is 388 g/mol. The number of nitrogens with one attached hydrogen (secondary N) is 1. The first kappa shape index (κ1) is 19.2. The summed E-state index contributed by atoms with van der Waals surface area (Å²) >= 11 is 3.07. The van der Waals surface area contributed by atoms with Gasteiger partial charge in [-0.25, -0.2) is 13.4 Å². The Hall–Kier alpha value is -1.16. The van der Waals surface area contributed by atoms with E-state index < -0.39 is 22.0 Å². The van der Waals surface area contributed by atoms with Crippen molar-refractivity contribution in [2.75, 3.05) is 12.9 Å². The summed E-state index contributed by atoms with van der Waals surface area (Å²) in [7, 11) is -2.59. The van der Waals surface area contributed by atoms with Crippen molar-refractivity contribution in [3.63, 3.8) is 0 Å². The number of hydrogen-bond donors (Lipinski definition) is 1. The van der Waals surface area contributed by atoms with Gasteiger partial charge in [-0.15, -0.1) is 11.3 Å². The van der Waals surface area contributed by atoms with Crippen LogP contribution in [0.2, 0.25) is 0 Å². The Kier molecular flexibility index (Phi) is 6.24. The molecular formula is C15H20N2O4S3. The molecule has 0 aliphatic carbocycles. The van der Waals surface area contributed by atoms with Crippen LogP contribution in [0.3, 0.4) is 0 Å². The number of esters is 1. The van der Waals surface area contributed by atoms with E-state index in [9.17, 15) is 13.2 Å². The first-order valence-corrected chi connectivity index (χ1v) is 10.7. The van der Waals surface area contributed by atoms with Crippen LogP contribution in [0.5, 0.6) is 0 Å². The van der Waals surface area contributed by atoms with Crippen molar-refractivity contribution in [2.45, 2.75) is 36.0 Å². The predicted molar refractivity (Wildman–Crippen MR) is 97.0 cm³/mol. The first-order valence-electron chi connectivity index (χ1n) is 7.42. The number of thiazole rings is 1. The minimum atomic E-state index is -3.83. The van der Waals surface area contributed by atoms with Crippen molar-refractivity contribution >= 4 is 49.3 Å². The normalized spacial score (nSPS) is 13.4. The van der Waals surface area contributed by atoms with E-state index in [4.69, 9.17) is 0 Å². The lowest BCUT2D eigenvalue weighted by molar-refractivity contribution is -0.143. The summed E-state index contributed by atoms with van der Waals surface area (Å²) in [6, 6.07) is 3.84. The van der Waals surface area contributed by atoms with Gasteiger partial charge in [-0.1, -0.05) is 32.5 Å². The maximum atomic E-state index is 12.6. The van der Waals surface area contributed by atoms with Gasteiger partial charge in [-0.05, 0) is 29.9 Å². The third kappa shape index (κ3) is 4.27. The molecule has 1 N–H and O–H groups in total. The van der Waals surface area contributed by atoms with Crippen LogP contribution in [-0.2, 0) is 19.6 Å². The summed E-state index contributed by atoms with van der Waals surface area (Å²) in [5.74, 6) is 0.0721. The molecule has 0 spiro atoms. The third-order valence-corrected chi connectivity index (χ3v) is 6.80. The molecule has 0 saturated carbocycles. The Bertz CT molecular complexity index is 830. The molecule has 2 aromatic rings. The molecular weight excluding hydrogens is 368 g/mol. The number of sulfonamides is 1. The predicted octanol–water partition coefficient (Wildman–Crippen LogP) is 2.88. The van der Waals surface area contributed by atoms with E-state index in [0.717, 1.165) is 20.3 Å². The molecule has 1 aromatic heterocycles. The van der Waals surface area contributed by atoms with Crippen molar-refractivity contribution < 1.29 is 17.9 Å². The highest BCUT2D eigenvalue weighted by Crippen LogP contribution is 2.31. The van der Waals surface area contributed by atoms with Gasteiger partial charge in [-0.2, -0.15) is 4.72 Å². The summed E-state index contributed by atoms with van der Waals surface area (Å²) < 4.78 is 34.0.